The third-order valence-electron chi connectivity index (χ3n) is 3.67. The number of nitrogens with two attached hydrogens (primary N) is 1. The van der Waals surface area contributed by atoms with Crippen LogP contribution < -0.4 is 16.6 Å². The molecular weight excluding hydrogens is 286 g/mol. The van der Waals surface area contributed by atoms with Gasteiger partial charge in [-0.15, -0.1) is 0 Å². The number of hydrogen-bond donors (Lipinski definition) is 3. The van der Waals surface area contributed by atoms with Crippen LogP contribution in [0.2, 0.25) is 5.02 Å². The van der Waals surface area contributed by atoms with Gasteiger partial charge in [0.05, 0.1) is 11.2 Å². The van der Waals surface area contributed by atoms with Crippen molar-refractivity contribution >= 4 is 23.2 Å². The van der Waals surface area contributed by atoms with Crippen molar-refractivity contribution in [1.82, 2.24) is 15.4 Å². The van der Waals surface area contributed by atoms with Gasteiger partial charge in [0.15, 0.2) is 0 Å². The van der Waals surface area contributed by atoms with Crippen molar-refractivity contribution in [3.05, 3.63) is 59.4 Å². The number of anilines is 1. The summed E-state index contributed by atoms with van der Waals surface area (Å²) in [6.45, 7) is 3.77. The van der Waals surface area contributed by atoms with Crippen molar-refractivity contribution in [2.75, 3.05) is 5.32 Å². The zero-order valence-corrected chi connectivity index (χ0v) is 12.2. The van der Waals surface area contributed by atoms with Gasteiger partial charge in [0.25, 0.3) is 0 Å². The fraction of sp³-hybridized carbons (Fsp3) is 0.200. The first kappa shape index (κ1) is 13.9. The predicted molar refractivity (Wildman–Crippen MR) is 84.4 cm³/mol. The second-order valence-corrected chi connectivity index (χ2v) is 5.57. The van der Waals surface area contributed by atoms with Crippen LogP contribution in [0.25, 0.3) is 5.70 Å². The van der Waals surface area contributed by atoms with Crippen molar-refractivity contribution in [2.45, 2.75) is 18.4 Å². The van der Waals surface area contributed by atoms with Crippen LogP contribution in [0.5, 0.6) is 0 Å². The molecule has 0 aliphatic heterocycles. The molecule has 0 saturated heterocycles. The Morgan fingerprint density at radius 2 is 1.81 bits per heavy atom. The van der Waals surface area contributed by atoms with E-state index in [0.717, 1.165) is 23.4 Å². The minimum absolute atomic E-state index is 0.0742. The average molecular weight is 302 g/mol. The largest absolute Gasteiger partial charge is 0.345 e. The lowest BCUT2D eigenvalue weighted by Crippen LogP contribution is -2.21. The number of halogens is 1. The maximum Gasteiger partial charge on any atom is 0.223 e. The van der Waals surface area contributed by atoms with E-state index in [1.54, 1.807) is 12.4 Å². The Bertz CT molecular complexity index is 647. The van der Waals surface area contributed by atoms with Crippen LogP contribution in [0.1, 0.15) is 24.0 Å². The molecule has 1 heterocycles. The fourth-order valence-corrected chi connectivity index (χ4v) is 2.35. The summed E-state index contributed by atoms with van der Waals surface area (Å²) < 4.78 is 0. The maximum absolute atomic E-state index is 5.93. The fourth-order valence-electron chi connectivity index (χ4n) is 2.23. The third kappa shape index (κ3) is 2.84. The molecule has 4 N–H and O–H groups in total. The third-order valence-corrected chi connectivity index (χ3v) is 3.92. The van der Waals surface area contributed by atoms with E-state index in [1.807, 2.05) is 24.3 Å². The summed E-state index contributed by atoms with van der Waals surface area (Å²) in [7, 11) is 0. The van der Waals surface area contributed by atoms with Gasteiger partial charge in [-0.25, -0.2) is 9.97 Å². The Morgan fingerprint density at radius 3 is 2.33 bits per heavy atom. The van der Waals surface area contributed by atoms with Gasteiger partial charge >= 0.3 is 0 Å². The molecule has 0 amide bonds. The molecular formula is C15H16ClN5. The number of hydrazine groups is 1. The molecule has 1 aliphatic carbocycles. The van der Waals surface area contributed by atoms with Crippen LogP contribution in [0.3, 0.4) is 0 Å². The first-order valence-corrected chi connectivity index (χ1v) is 7.03. The van der Waals surface area contributed by atoms with E-state index >= 15 is 0 Å². The molecule has 1 fully saturated rings. The minimum atomic E-state index is -0.0742. The van der Waals surface area contributed by atoms with Gasteiger partial charge in [-0.2, -0.15) is 0 Å². The Labute approximate surface area is 128 Å². The molecule has 0 bridgehead atoms. The zero-order chi connectivity index (χ0) is 14.9. The molecule has 0 unspecified atom stereocenters. The standard InChI is InChI=1S/C15H16ClN5/c1-10(21-17)11-8-18-14(19-9-11)20-15(6-7-15)12-2-4-13(16)5-3-12/h2-5,8-9,21H,1,6-7,17H2,(H,18,19,20). The van der Waals surface area contributed by atoms with E-state index in [2.05, 4.69) is 27.3 Å². The summed E-state index contributed by atoms with van der Waals surface area (Å²) in [4.78, 5) is 8.62. The molecule has 0 radical (unpaired) electrons. The lowest BCUT2D eigenvalue weighted by atomic mass is 10.1. The highest BCUT2D eigenvalue weighted by Crippen LogP contribution is 2.47. The van der Waals surface area contributed by atoms with E-state index < -0.39 is 0 Å². The molecule has 0 spiro atoms. The molecule has 0 atom stereocenters. The van der Waals surface area contributed by atoms with Gasteiger partial charge in [0, 0.05) is 23.0 Å². The normalized spacial score (nSPS) is 15.3. The number of benzene rings is 1. The van der Waals surface area contributed by atoms with E-state index in [1.165, 1.54) is 5.56 Å². The number of rotatable bonds is 5. The molecule has 21 heavy (non-hydrogen) atoms. The van der Waals surface area contributed by atoms with Crippen molar-refractivity contribution in [3.8, 4) is 0 Å². The molecule has 3 rings (SSSR count). The lowest BCUT2D eigenvalue weighted by Gasteiger charge is -2.18. The summed E-state index contributed by atoms with van der Waals surface area (Å²) in [5.74, 6) is 5.90. The highest BCUT2D eigenvalue weighted by molar-refractivity contribution is 6.30. The monoisotopic (exact) mass is 301 g/mol. The summed E-state index contributed by atoms with van der Waals surface area (Å²) >= 11 is 5.93. The Kier molecular flexibility index (Phi) is 3.53. The van der Waals surface area contributed by atoms with Gasteiger partial charge in [-0.1, -0.05) is 30.3 Å². The maximum atomic E-state index is 5.93. The van der Waals surface area contributed by atoms with Gasteiger partial charge in [-0.3, -0.25) is 5.84 Å². The van der Waals surface area contributed by atoms with Crippen LogP contribution >= 0.6 is 11.6 Å². The first-order valence-electron chi connectivity index (χ1n) is 6.65. The number of aromatic nitrogens is 2. The second-order valence-electron chi connectivity index (χ2n) is 5.13. The highest BCUT2D eigenvalue weighted by atomic mass is 35.5. The predicted octanol–water partition coefficient (Wildman–Crippen LogP) is 2.67. The zero-order valence-electron chi connectivity index (χ0n) is 11.4. The Balaban J connectivity index is 1.77. The van der Waals surface area contributed by atoms with Gasteiger partial charge in [-0.05, 0) is 30.5 Å². The van der Waals surface area contributed by atoms with Crippen LogP contribution in [0.15, 0.2) is 43.2 Å². The topological polar surface area (TPSA) is 75.9 Å². The van der Waals surface area contributed by atoms with Crippen molar-refractivity contribution < 1.29 is 0 Å². The Morgan fingerprint density at radius 1 is 1.19 bits per heavy atom. The lowest BCUT2D eigenvalue weighted by molar-refractivity contribution is 0.789. The number of hydrogen-bond acceptors (Lipinski definition) is 5. The quantitative estimate of drug-likeness (QED) is 0.585. The molecule has 2 aromatic rings. The summed E-state index contributed by atoms with van der Waals surface area (Å²) in [6, 6.07) is 7.88. The molecule has 6 heteroatoms. The smallest absolute Gasteiger partial charge is 0.223 e. The van der Waals surface area contributed by atoms with Crippen LogP contribution in [-0.2, 0) is 5.54 Å². The summed E-state index contributed by atoms with van der Waals surface area (Å²) in [5.41, 5.74) is 4.96. The highest BCUT2D eigenvalue weighted by Gasteiger charge is 2.44. The van der Waals surface area contributed by atoms with Crippen LogP contribution in [-0.4, -0.2) is 9.97 Å². The minimum Gasteiger partial charge on any atom is -0.345 e. The molecule has 1 aromatic heterocycles. The van der Waals surface area contributed by atoms with Crippen molar-refractivity contribution in [3.63, 3.8) is 0 Å². The van der Waals surface area contributed by atoms with Crippen LogP contribution in [0, 0.1) is 0 Å². The van der Waals surface area contributed by atoms with E-state index in [4.69, 9.17) is 17.4 Å². The van der Waals surface area contributed by atoms with Gasteiger partial charge in [0.2, 0.25) is 5.95 Å². The van der Waals surface area contributed by atoms with E-state index in [-0.39, 0.29) is 5.54 Å². The number of nitrogens with one attached hydrogen (secondary N) is 2. The Hall–Kier alpha value is -2.11. The summed E-state index contributed by atoms with van der Waals surface area (Å²) in [5, 5.41) is 4.14. The van der Waals surface area contributed by atoms with Crippen LogP contribution in [0.4, 0.5) is 5.95 Å². The van der Waals surface area contributed by atoms with Gasteiger partial charge < -0.3 is 10.7 Å². The SMILES string of the molecule is C=C(NN)c1cnc(NC2(c3ccc(Cl)cc3)CC2)nc1. The molecule has 5 nitrogen and oxygen atoms in total. The first-order chi connectivity index (χ1) is 10.1. The number of nitrogens with zero attached hydrogens (tertiary/aromatic N) is 2. The molecule has 108 valence electrons. The van der Waals surface area contributed by atoms with E-state index in [0.29, 0.717) is 11.6 Å². The molecule has 1 aromatic carbocycles. The summed E-state index contributed by atoms with van der Waals surface area (Å²) in [6.07, 6.45) is 5.48. The van der Waals surface area contributed by atoms with Crippen molar-refractivity contribution in [2.24, 2.45) is 5.84 Å². The van der Waals surface area contributed by atoms with Crippen molar-refractivity contribution in [1.29, 1.82) is 0 Å². The van der Waals surface area contributed by atoms with Gasteiger partial charge in [0.1, 0.15) is 0 Å². The second kappa shape index (κ2) is 5.35. The van der Waals surface area contributed by atoms with E-state index in [9.17, 15) is 0 Å². The average Bonchev–Trinajstić information content (AvgIpc) is 3.28. The molecule has 1 aliphatic rings. The molecule has 1 saturated carbocycles.